The van der Waals surface area contributed by atoms with Crippen LogP contribution < -0.4 is 10.6 Å². The van der Waals surface area contributed by atoms with Crippen molar-refractivity contribution in [2.45, 2.75) is 6.54 Å². The summed E-state index contributed by atoms with van der Waals surface area (Å²) in [4.78, 5) is 6.03. The minimum Gasteiger partial charge on any atom is -0.346 e. The number of nitrogens with two attached hydrogens (primary N) is 1. The van der Waals surface area contributed by atoms with Crippen molar-refractivity contribution >= 4 is 5.95 Å². The molecule has 1 heterocycles. The maximum atomic E-state index is 5.42. The zero-order chi connectivity index (χ0) is 8.43. The quantitative estimate of drug-likeness (QED) is 0.616. The largest absolute Gasteiger partial charge is 0.346 e. The molecule has 0 aliphatic carbocycles. The van der Waals surface area contributed by atoms with Gasteiger partial charge in [-0.3, -0.25) is 0 Å². The lowest BCUT2D eigenvalue weighted by Gasteiger charge is -2.03. The molecule has 0 spiro atoms. The number of nitrogens with zero attached hydrogens (tertiary/aromatic N) is 4. The number of rotatable bonds is 2. The standard InChI is InChI=1S/C6H13N5/c1-10(2)6-8-5(4-7)11(3)9-6/h4,7H2,1-3H3. The summed E-state index contributed by atoms with van der Waals surface area (Å²) in [6.07, 6.45) is 0. The van der Waals surface area contributed by atoms with E-state index < -0.39 is 0 Å². The first-order valence-electron chi connectivity index (χ1n) is 3.42. The lowest BCUT2D eigenvalue weighted by atomic mass is 10.6. The fraction of sp³-hybridized carbons (Fsp3) is 0.667. The molecule has 0 bridgehead atoms. The van der Waals surface area contributed by atoms with Gasteiger partial charge in [-0.05, 0) is 0 Å². The molecular weight excluding hydrogens is 142 g/mol. The number of aromatic nitrogens is 3. The predicted molar refractivity (Wildman–Crippen MR) is 43.2 cm³/mol. The molecule has 0 saturated heterocycles. The van der Waals surface area contributed by atoms with E-state index in [-0.39, 0.29) is 0 Å². The Morgan fingerprint density at radius 3 is 2.45 bits per heavy atom. The van der Waals surface area contributed by atoms with Crippen LogP contribution in [0.4, 0.5) is 5.95 Å². The fourth-order valence-corrected chi connectivity index (χ4v) is 0.769. The van der Waals surface area contributed by atoms with Crippen LogP contribution in [-0.2, 0) is 13.6 Å². The molecule has 1 rings (SSSR count). The van der Waals surface area contributed by atoms with Crippen LogP contribution in [0.25, 0.3) is 0 Å². The Morgan fingerprint density at radius 1 is 1.55 bits per heavy atom. The molecule has 0 saturated carbocycles. The summed E-state index contributed by atoms with van der Waals surface area (Å²) in [5.41, 5.74) is 5.42. The Hall–Kier alpha value is -1.10. The van der Waals surface area contributed by atoms with Crippen molar-refractivity contribution in [1.29, 1.82) is 0 Å². The summed E-state index contributed by atoms with van der Waals surface area (Å²) in [5, 5.41) is 4.13. The van der Waals surface area contributed by atoms with Gasteiger partial charge in [0.1, 0.15) is 5.82 Å². The van der Waals surface area contributed by atoms with Crippen LogP contribution in [0, 0.1) is 0 Å². The van der Waals surface area contributed by atoms with E-state index in [0.29, 0.717) is 12.5 Å². The van der Waals surface area contributed by atoms with Gasteiger partial charge in [0, 0.05) is 21.1 Å². The second-order valence-electron chi connectivity index (χ2n) is 2.55. The molecular formula is C6H13N5. The third-order valence-corrected chi connectivity index (χ3v) is 1.42. The first kappa shape index (κ1) is 8.00. The predicted octanol–water partition coefficient (Wildman–Crippen LogP) is -0.660. The summed E-state index contributed by atoms with van der Waals surface area (Å²) >= 11 is 0. The van der Waals surface area contributed by atoms with Gasteiger partial charge in [-0.15, -0.1) is 5.10 Å². The van der Waals surface area contributed by atoms with Gasteiger partial charge in [0.15, 0.2) is 0 Å². The highest BCUT2D eigenvalue weighted by atomic mass is 15.4. The van der Waals surface area contributed by atoms with Crippen LogP contribution in [0.3, 0.4) is 0 Å². The Kier molecular flexibility index (Phi) is 2.09. The second kappa shape index (κ2) is 2.87. The molecule has 2 N–H and O–H groups in total. The van der Waals surface area contributed by atoms with Gasteiger partial charge in [0.05, 0.1) is 6.54 Å². The molecule has 0 radical (unpaired) electrons. The van der Waals surface area contributed by atoms with Gasteiger partial charge < -0.3 is 10.6 Å². The monoisotopic (exact) mass is 155 g/mol. The van der Waals surface area contributed by atoms with Crippen molar-refractivity contribution in [3.8, 4) is 0 Å². The summed E-state index contributed by atoms with van der Waals surface area (Å²) in [6.45, 7) is 0.428. The summed E-state index contributed by atoms with van der Waals surface area (Å²) in [6, 6.07) is 0. The third-order valence-electron chi connectivity index (χ3n) is 1.42. The zero-order valence-corrected chi connectivity index (χ0v) is 7.07. The molecule has 0 fully saturated rings. The van der Waals surface area contributed by atoms with Crippen LogP contribution in [0.15, 0.2) is 0 Å². The molecule has 0 aliphatic heterocycles. The van der Waals surface area contributed by atoms with E-state index >= 15 is 0 Å². The minimum atomic E-state index is 0.428. The minimum absolute atomic E-state index is 0.428. The highest BCUT2D eigenvalue weighted by Crippen LogP contribution is 2.03. The molecule has 5 heteroatoms. The average molecular weight is 155 g/mol. The van der Waals surface area contributed by atoms with E-state index in [0.717, 1.165) is 5.82 Å². The molecule has 0 atom stereocenters. The summed E-state index contributed by atoms with van der Waals surface area (Å²) in [5.74, 6) is 1.50. The Bertz CT molecular complexity index is 239. The molecule has 0 aromatic carbocycles. The third kappa shape index (κ3) is 1.48. The summed E-state index contributed by atoms with van der Waals surface area (Å²) in [7, 11) is 5.63. The second-order valence-corrected chi connectivity index (χ2v) is 2.55. The van der Waals surface area contributed by atoms with Gasteiger partial charge >= 0.3 is 0 Å². The van der Waals surface area contributed by atoms with Crippen LogP contribution in [0.1, 0.15) is 5.82 Å². The van der Waals surface area contributed by atoms with Gasteiger partial charge in [-0.1, -0.05) is 0 Å². The first-order chi connectivity index (χ1) is 5.15. The summed E-state index contributed by atoms with van der Waals surface area (Å²) < 4.78 is 1.69. The first-order valence-corrected chi connectivity index (χ1v) is 3.42. The lowest BCUT2D eigenvalue weighted by molar-refractivity contribution is 0.701. The van der Waals surface area contributed by atoms with E-state index in [1.807, 2.05) is 26.0 Å². The van der Waals surface area contributed by atoms with Gasteiger partial charge in [0.25, 0.3) is 0 Å². The molecule has 0 amide bonds. The van der Waals surface area contributed by atoms with Crippen LogP contribution in [0.5, 0.6) is 0 Å². The van der Waals surface area contributed by atoms with Crippen LogP contribution in [0.2, 0.25) is 0 Å². The Morgan fingerprint density at radius 2 is 2.18 bits per heavy atom. The van der Waals surface area contributed by atoms with Crippen molar-refractivity contribution < 1.29 is 0 Å². The van der Waals surface area contributed by atoms with Gasteiger partial charge in [-0.25, -0.2) is 4.68 Å². The van der Waals surface area contributed by atoms with Crippen molar-refractivity contribution in [2.24, 2.45) is 12.8 Å². The Balaban J connectivity index is 2.95. The average Bonchev–Trinajstić information content (AvgIpc) is 2.31. The smallest absolute Gasteiger partial charge is 0.244 e. The van der Waals surface area contributed by atoms with E-state index in [9.17, 15) is 0 Å². The molecule has 11 heavy (non-hydrogen) atoms. The number of hydrogen-bond acceptors (Lipinski definition) is 4. The van der Waals surface area contributed by atoms with Crippen molar-refractivity contribution in [3.63, 3.8) is 0 Å². The molecule has 1 aromatic rings. The van der Waals surface area contributed by atoms with Crippen molar-refractivity contribution in [3.05, 3.63) is 5.82 Å². The topological polar surface area (TPSA) is 60.0 Å². The van der Waals surface area contributed by atoms with Gasteiger partial charge in [0.2, 0.25) is 5.95 Å². The molecule has 5 nitrogen and oxygen atoms in total. The van der Waals surface area contributed by atoms with E-state index in [1.54, 1.807) is 4.68 Å². The zero-order valence-electron chi connectivity index (χ0n) is 7.07. The van der Waals surface area contributed by atoms with E-state index in [2.05, 4.69) is 10.1 Å². The lowest BCUT2D eigenvalue weighted by Crippen LogP contribution is -2.10. The number of hydrogen-bond donors (Lipinski definition) is 1. The molecule has 0 aliphatic rings. The number of aryl methyl sites for hydroxylation is 1. The van der Waals surface area contributed by atoms with E-state index in [1.165, 1.54) is 0 Å². The molecule has 0 unspecified atom stereocenters. The van der Waals surface area contributed by atoms with Crippen molar-refractivity contribution in [1.82, 2.24) is 14.8 Å². The van der Waals surface area contributed by atoms with E-state index in [4.69, 9.17) is 5.73 Å². The normalized spacial score (nSPS) is 10.2. The highest BCUT2D eigenvalue weighted by Gasteiger charge is 2.05. The molecule has 62 valence electrons. The SMILES string of the molecule is CN(C)c1nc(CN)n(C)n1. The van der Waals surface area contributed by atoms with Crippen LogP contribution >= 0.6 is 0 Å². The molecule has 1 aromatic heterocycles. The van der Waals surface area contributed by atoms with Crippen LogP contribution in [-0.4, -0.2) is 28.9 Å². The van der Waals surface area contributed by atoms with Crippen molar-refractivity contribution in [2.75, 3.05) is 19.0 Å². The van der Waals surface area contributed by atoms with Gasteiger partial charge in [-0.2, -0.15) is 4.98 Å². The Labute approximate surface area is 65.8 Å². The maximum Gasteiger partial charge on any atom is 0.244 e. The number of anilines is 1. The maximum absolute atomic E-state index is 5.42. The highest BCUT2D eigenvalue weighted by molar-refractivity contribution is 5.25. The fourth-order valence-electron chi connectivity index (χ4n) is 0.769.